The maximum atomic E-state index is 6.07. The average Bonchev–Trinajstić information content (AvgIpc) is 2.88. The largest absolute Gasteiger partial charge is 0.493 e. The highest BCUT2D eigenvalue weighted by molar-refractivity contribution is 6.30. The Bertz CT molecular complexity index is 1340. The first-order valence-electron chi connectivity index (χ1n) is 12.9. The van der Waals surface area contributed by atoms with Gasteiger partial charge in [-0.2, -0.15) is 0 Å². The number of benzene rings is 3. The zero-order valence-corrected chi connectivity index (χ0v) is 21.9. The minimum absolute atomic E-state index is 0.427. The van der Waals surface area contributed by atoms with Crippen molar-refractivity contribution in [3.8, 4) is 16.9 Å². The number of ether oxygens (including phenoxy) is 1. The normalized spacial score (nSPS) is 14.7. The molecule has 4 aromatic rings. The maximum Gasteiger partial charge on any atom is 0.129 e. The Hall–Kier alpha value is -2.84. The van der Waals surface area contributed by atoms with Crippen LogP contribution in [0, 0.1) is 0 Å². The SMILES string of the molecule is CC(C)c1ccc2c3c(c(-c4cccc(C(C)CCC(C)c5ccc(Cl)cc5)c4)cnc13)CCO2. The molecule has 1 aliphatic heterocycles. The van der Waals surface area contributed by atoms with E-state index in [1.54, 1.807) is 0 Å². The molecule has 1 aliphatic rings. The highest BCUT2D eigenvalue weighted by Gasteiger charge is 2.22. The Kier molecular flexibility index (Phi) is 6.84. The number of pyridine rings is 1. The van der Waals surface area contributed by atoms with E-state index in [-0.39, 0.29) is 0 Å². The summed E-state index contributed by atoms with van der Waals surface area (Å²) in [7, 11) is 0. The van der Waals surface area contributed by atoms with Gasteiger partial charge in [0.2, 0.25) is 0 Å². The summed E-state index contributed by atoms with van der Waals surface area (Å²) in [5, 5.41) is 2.00. The summed E-state index contributed by atoms with van der Waals surface area (Å²) in [6.45, 7) is 9.84. The van der Waals surface area contributed by atoms with Crippen LogP contribution >= 0.6 is 11.6 Å². The minimum Gasteiger partial charge on any atom is -0.493 e. The highest BCUT2D eigenvalue weighted by atomic mass is 35.5. The Morgan fingerprint density at radius 1 is 0.886 bits per heavy atom. The van der Waals surface area contributed by atoms with E-state index in [2.05, 4.69) is 82.4 Å². The molecule has 0 N–H and O–H groups in total. The van der Waals surface area contributed by atoms with Gasteiger partial charge in [-0.25, -0.2) is 0 Å². The van der Waals surface area contributed by atoms with Gasteiger partial charge in [0.25, 0.3) is 0 Å². The Morgan fingerprint density at radius 2 is 1.63 bits per heavy atom. The van der Waals surface area contributed by atoms with Crippen molar-refractivity contribution in [2.45, 2.75) is 64.7 Å². The monoisotopic (exact) mass is 483 g/mol. The fraction of sp³-hybridized carbons (Fsp3) is 0.344. The molecule has 2 nitrogen and oxygen atoms in total. The van der Waals surface area contributed by atoms with E-state index < -0.39 is 0 Å². The third-order valence-electron chi connectivity index (χ3n) is 7.59. The first-order chi connectivity index (χ1) is 16.9. The van der Waals surface area contributed by atoms with Crippen LogP contribution in [-0.2, 0) is 6.42 Å². The van der Waals surface area contributed by atoms with Crippen LogP contribution in [0.4, 0.5) is 0 Å². The minimum atomic E-state index is 0.427. The third kappa shape index (κ3) is 4.82. The average molecular weight is 484 g/mol. The van der Waals surface area contributed by atoms with Crippen LogP contribution in [0.1, 0.15) is 80.5 Å². The molecule has 5 rings (SSSR count). The predicted molar refractivity (Wildman–Crippen MR) is 148 cm³/mol. The lowest BCUT2D eigenvalue weighted by molar-refractivity contribution is 0.318. The topological polar surface area (TPSA) is 22.1 Å². The number of hydrogen-bond donors (Lipinski definition) is 0. The van der Waals surface area contributed by atoms with Crippen molar-refractivity contribution < 1.29 is 4.74 Å². The molecule has 2 atom stereocenters. The number of halogens is 1. The van der Waals surface area contributed by atoms with Crippen LogP contribution in [0.25, 0.3) is 22.0 Å². The van der Waals surface area contributed by atoms with Gasteiger partial charge in [-0.05, 0) is 76.6 Å². The molecule has 0 bridgehead atoms. The van der Waals surface area contributed by atoms with E-state index >= 15 is 0 Å². The van der Waals surface area contributed by atoms with Gasteiger partial charge < -0.3 is 4.74 Å². The molecule has 2 heterocycles. The van der Waals surface area contributed by atoms with E-state index in [4.69, 9.17) is 21.3 Å². The number of aromatic nitrogens is 1. The summed E-state index contributed by atoms with van der Waals surface area (Å²) in [6, 6.07) is 21.7. The molecular formula is C32H34ClNO. The first-order valence-corrected chi connectivity index (χ1v) is 13.2. The van der Waals surface area contributed by atoms with Crippen LogP contribution in [0.3, 0.4) is 0 Å². The molecular weight excluding hydrogens is 450 g/mol. The van der Waals surface area contributed by atoms with Gasteiger partial charge in [-0.15, -0.1) is 0 Å². The Balaban J connectivity index is 1.42. The lowest BCUT2D eigenvalue weighted by Gasteiger charge is -2.23. The van der Waals surface area contributed by atoms with Crippen LogP contribution in [0.5, 0.6) is 5.75 Å². The van der Waals surface area contributed by atoms with Crippen molar-refractivity contribution in [3.63, 3.8) is 0 Å². The van der Waals surface area contributed by atoms with Crippen LogP contribution in [0.2, 0.25) is 5.02 Å². The zero-order valence-electron chi connectivity index (χ0n) is 21.1. The summed E-state index contributed by atoms with van der Waals surface area (Å²) in [6.07, 6.45) is 5.30. The first kappa shape index (κ1) is 23.9. The van der Waals surface area contributed by atoms with Gasteiger partial charge in [0.05, 0.1) is 12.1 Å². The van der Waals surface area contributed by atoms with Crippen molar-refractivity contribution in [1.29, 1.82) is 0 Å². The standard InChI is InChI=1S/C32H34ClNO/c1-20(2)27-14-15-30-31-28(16-17-35-30)29(19-34-32(27)31)25-7-5-6-24(18-25)22(4)9-8-21(3)23-10-12-26(33)13-11-23/h5-7,10-15,18-22H,8-9,16-17H2,1-4H3. The van der Waals surface area contributed by atoms with Crippen LogP contribution < -0.4 is 4.74 Å². The molecule has 180 valence electrons. The zero-order chi connectivity index (χ0) is 24.5. The molecule has 3 heteroatoms. The second kappa shape index (κ2) is 10.0. The summed E-state index contributed by atoms with van der Waals surface area (Å²) in [5.74, 6) is 2.40. The molecule has 3 aromatic carbocycles. The van der Waals surface area contributed by atoms with Crippen molar-refractivity contribution in [2.75, 3.05) is 6.61 Å². The molecule has 0 amide bonds. The summed E-state index contributed by atoms with van der Waals surface area (Å²) in [4.78, 5) is 4.97. The van der Waals surface area contributed by atoms with Crippen molar-refractivity contribution in [3.05, 3.63) is 94.1 Å². The lowest BCUT2D eigenvalue weighted by Crippen LogP contribution is -2.11. The molecule has 0 saturated heterocycles. The number of nitrogens with zero attached hydrogens (tertiary/aromatic N) is 1. The van der Waals surface area contributed by atoms with Gasteiger partial charge in [-0.1, -0.05) is 81.8 Å². The number of rotatable bonds is 7. The van der Waals surface area contributed by atoms with E-state index in [1.807, 2.05) is 12.1 Å². The van der Waals surface area contributed by atoms with Crippen molar-refractivity contribution in [2.24, 2.45) is 0 Å². The summed E-state index contributed by atoms with van der Waals surface area (Å²) < 4.78 is 6.03. The quantitative estimate of drug-likeness (QED) is 0.261. The molecule has 35 heavy (non-hydrogen) atoms. The van der Waals surface area contributed by atoms with Gasteiger partial charge in [-0.3, -0.25) is 4.98 Å². The second-order valence-electron chi connectivity index (χ2n) is 10.3. The third-order valence-corrected chi connectivity index (χ3v) is 7.84. The molecule has 2 unspecified atom stereocenters. The fourth-order valence-corrected chi connectivity index (χ4v) is 5.48. The molecule has 1 aromatic heterocycles. The molecule has 0 spiro atoms. The van der Waals surface area contributed by atoms with Gasteiger partial charge in [0.15, 0.2) is 0 Å². The van der Waals surface area contributed by atoms with Crippen molar-refractivity contribution in [1.82, 2.24) is 4.98 Å². The van der Waals surface area contributed by atoms with Crippen molar-refractivity contribution >= 4 is 22.5 Å². The van der Waals surface area contributed by atoms with Crippen LogP contribution in [0.15, 0.2) is 66.9 Å². The lowest BCUT2D eigenvalue weighted by atomic mass is 9.87. The Labute approximate surface area is 214 Å². The fourth-order valence-electron chi connectivity index (χ4n) is 5.36. The molecule has 0 radical (unpaired) electrons. The van der Waals surface area contributed by atoms with E-state index in [0.717, 1.165) is 42.2 Å². The predicted octanol–water partition coefficient (Wildman–Crippen LogP) is 9.30. The van der Waals surface area contributed by atoms with Gasteiger partial charge in [0.1, 0.15) is 5.75 Å². The maximum absolute atomic E-state index is 6.07. The summed E-state index contributed by atoms with van der Waals surface area (Å²) in [5.41, 5.74) is 9.01. The second-order valence-corrected chi connectivity index (χ2v) is 10.8. The van der Waals surface area contributed by atoms with Gasteiger partial charge in [0, 0.05) is 28.6 Å². The van der Waals surface area contributed by atoms with Gasteiger partial charge >= 0.3 is 0 Å². The van der Waals surface area contributed by atoms with E-state index in [0.29, 0.717) is 17.8 Å². The Morgan fingerprint density at radius 3 is 2.37 bits per heavy atom. The smallest absolute Gasteiger partial charge is 0.129 e. The highest BCUT2D eigenvalue weighted by Crippen LogP contribution is 2.41. The number of hydrogen-bond acceptors (Lipinski definition) is 2. The molecule has 0 saturated carbocycles. The van der Waals surface area contributed by atoms with Crippen LogP contribution in [-0.4, -0.2) is 11.6 Å². The summed E-state index contributed by atoms with van der Waals surface area (Å²) >= 11 is 6.07. The van der Waals surface area contributed by atoms with E-state index in [9.17, 15) is 0 Å². The molecule has 0 aliphatic carbocycles. The molecule has 0 fully saturated rings. The van der Waals surface area contributed by atoms with E-state index in [1.165, 1.54) is 38.8 Å².